The van der Waals surface area contributed by atoms with Gasteiger partial charge in [-0.2, -0.15) is 0 Å². The molecule has 1 unspecified atom stereocenters. The maximum atomic E-state index is 13.5. The minimum absolute atomic E-state index is 0.0390. The van der Waals surface area contributed by atoms with E-state index in [1.54, 1.807) is 30.3 Å². The number of Topliss-reactive ketones (excluding diaryl/α,β-unsaturated/α-hetero) is 1. The van der Waals surface area contributed by atoms with Crippen LogP contribution < -0.4 is 0 Å². The maximum absolute atomic E-state index is 13.5. The molecular formula is C24H22Cl2N2O4. The second-order valence-electron chi connectivity index (χ2n) is 8.12. The standard InChI is InChI=1S/C24H22Cl2N2O4/c1-13-4-7-18-15(10-13)12-19(32-18)22(29)20-21(14-5-6-16(25)17(26)11-14)28(9-8-27(2)3)24(31)23(20)30/h4-7,10-12,21,30H,8-9H2,1-3H3. The monoisotopic (exact) mass is 472 g/mol. The van der Waals surface area contributed by atoms with Gasteiger partial charge >= 0.3 is 0 Å². The van der Waals surface area contributed by atoms with Crippen LogP contribution in [-0.4, -0.2) is 53.8 Å². The fourth-order valence-electron chi connectivity index (χ4n) is 3.86. The molecule has 8 heteroatoms. The Balaban J connectivity index is 1.81. The first kappa shape index (κ1) is 22.4. The maximum Gasteiger partial charge on any atom is 0.290 e. The van der Waals surface area contributed by atoms with Crippen molar-refractivity contribution in [1.29, 1.82) is 0 Å². The zero-order chi connectivity index (χ0) is 23.2. The SMILES string of the molecule is Cc1ccc2oc(C(=O)C3=C(O)C(=O)N(CCN(C)C)C3c3ccc(Cl)c(Cl)c3)cc2c1. The van der Waals surface area contributed by atoms with Crippen molar-refractivity contribution in [2.75, 3.05) is 27.2 Å². The summed E-state index contributed by atoms with van der Waals surface area (Å²) in [6.45, 7) is 2.79. The Bertz CT molecular complexity index is 1260. The quantitative estimate of drug-likeness (QED) is 0.499. The molecule has 1 amide bonds. The highest BCUT2D eigenvalue weighted by Gasteiger charge is 2.44. The van der Waals surface area contributed by atoms with E-state index in [9.17, 15) is 14.7 Å². The first-order valence-corrected chi connectivity index (χ1v) is 10.8. The zero-order valence-electron chi connectivity index (χ0n) is 17.9. The van der Waals surface area contributed by atoms with Gasteiger partial charge in [-0.05, 0) is 56.9 Å². The van der Waals surface area contributed by atoms with Crippen LogP contribution in [0, 0.1) is 6.92 Å². The van der Waals surface area contributed by atoms with Gasteiger partial charge in [0.25, 0.3) is 5.91 Å². The number of hydrogen-bond donors (Lipinski definition) is 1. The Morgan fingerprint density at radius 2 is 1.88 bits per heavy atom. The molecule has 166 valence electrons. The Labute approximate surface area is 195 Å². The van der Waals surface area contributed by atoms with Gasteiger partial charge in [-0.15, -0.1) is 0 Å². The summed E-state index contributed by atoms with van der Waals surface area (Å²) < 4.78 is 5.76. The second-order valence-corrected chi connectivity index (χ2v) is 8.94. The van der Waals surface area contributed by atoms with Crippen LogP contribution >= 0.6 is 23.2 Å². The lowest BCUT2D eigenvalue weighted by Gasteiger charge is -2.28. The summed E-state index contributed by atoms with van der Waals surface area (Å²) in [5.74, 6) is -1.69. The van der Waals surface area contributed by atoms with Crippen molar-refractivity contribution in [2.24, 2.45) is 0 Å². The molecule has 0 saturated carbocycles. The third-order valence-corrected chi connectivity index (χ3v) is 6.23. The minimum Gasteiger partial charge on any atom is -0.503 e. The average molecular weight is 473 g/mol. The number of ketones is 1. The highest BCUT2D eigenvalue weighted by Crippen LogP contribution is 2.41. The summed E-state index contributed by atoms with van der Waals surface area (Å²) >= 11 is 12.3. The minimum atomic E-state index is -0.820. The number of rotatable bonds is 6. The lowest BCUT2D eigenvalue weighted by molar-refractivity contribution is -0.129. The lowest BCUT2D eigenvalue weighted by atomic mass is 9.95. The number of halogens is 2. The van der Waals surface area contributed by atoms with Crippen molar-refractivity contribution in [3.05, 3.63) is 80.7 Å². The highest BCUT2D eigenvalue weighted by molar-refractivity contribution is 6.42. The zero-order valence-corrected chi connectivity index (χ0v) is 19.4. The van der Waals surface area contributed by atoms with Crippen molar-refractivity contribution in [3.8, 4) is 0 Å². The molecule has 32 heavy (non-hydrogen) atoms. The van der Waals surface area contributed by atoms with Gasteiger partial charge in [0.15, 0.2) is 11.5 Å². The largest absolute Gasteiger partial charge is 0.503 e. The number of hydrogen-bond acceptors (Lipinski definition) is 5. The molecule has 6 nitrogen and oxygen atoms in total. The first-order chi connectivity index (χ1) is 15.2. The molecule has 1 atom stereocenters. The third-order valence-electron chi connectivity index (χ3n) is 5.49. The smallest absolute Gasteiger partial charge is 0.290 e. The lowest BCUT2D eigenvalue weighted by Crippen LogP contribution is -2.36. The first-order valence-electron chi connectivity index (χ1n) is 10.1. The van der Waals surface area contributed by atoms with Crippen molar-refractivity contribution < 1.29 is 19.1 Å². The van der Waals surface area contributed by atoms with E-state index in [2.05, 4.69) is 0 Å². The molecule has 1 aliphatic rings. The van der Waals surface area contributed by atoms with E-state index in [-0.39, 0.29) is 11.3 Å². The molecule has 1 aliphatic heterocycles. The fraction of sp³-hybridized carbons (Fsp3) is 0.250. The van der Waals surface area contributed by atoms with Gasteiger partial charge in [0.1, 0.15) is 5.58 Å². The summed E-state index contributed by atoms with van der Waals surface area (Å²) in [6.07, 6.45) is 0. The van der Waals surface area contributed by atoms with Gasteiger partial charge in [0.2, 0.25) is 5.78 Å². The molecule has 4 rings (SSSR count). The fourth-order valence-corrected chi connectivity index (χ4v) is 4.17. The van der Waals surface area contributed by atoms with E-state index >= 15 is 0 Å². The van der Waals surface area contributed by atoms with Crippen molar-refractivity contribution in [3.63, 3.8) is 0 Å². The van der Waals surface area contributed by atoms with Crippen LogP contribution in [-0.2, 0) is 4.79 Å². The van der Waals surface area contributed by atoms with E-state index < -0.39 is 23.5 Å². The molecule has 1 N–H and O–H groups in total. The van der Waals surface area contributed by atoms with Crippen LogP contribution in [0.25, 0.3) is 11.0 Å². The van der Waals surface area contributed by atoms with E-state index in [1.165, 1.54) is 4.90 Å². The Kier molecular flexibility index (Phi) is 6.03. The van der Waals surface area contributed by atoms with Crippen molar-refractivity contribution in [2.45, 2.75) is 13.0 Å². The number of aliphatic hydroxyl groups is 1. The molecule has 0 bridgehead atoms. The normalized spacial score (nSPS) is 16.6. The Morgan fingerprint density at radius 3 is 2.56 bits per heavy atom. The van der Waals surface area contributed by atoms with Crippen LogP contribution in [0.3, 0.4) is 0 Å². The van der Waals surface area contributed by atoms with Crippen molar-refractivity contribution >= 4 is 45.9 Å². The van der Waals surface area contributed by atoms with Gasteiger partial charge in [0.05, 0.1) is 21.7 Å². The van der Waals surface area contributed by atoms with Crippen LogP contribution in [0.15, 0.2) is 58.2 Å². The predicted molar refractivity (Wildman–Crippen MR) is 124 cm³/mol. The van der Waals surface area contributed by atoms with Crippen LogP contribution in [0.2, 0.25) is 10.0 Å². The number of fused-ring (bicyclic) bond motifs is 1. The number of nitrogens with zero attached hydrogens (tertiary/aromatic N) is 2. The van der Waals surface area contributed by atoms with Gasteiger partial charge in [-0.3, -0.25) is 9.59 Å². The molecule has 0 saturated heterocycles. The molecule has 0 spiro atoms. The van der Waals surface area contributed by atoms with E-state index in [1.807, 2.05) is 38.1 Å². The number of carbonyl (C=O) groups is 2. The van der Waals surface area contributed by atoms with Gasteiger partial charge in [-0.25, -0.2) is 0 Å². The molecule has 2 heterocycles. The molecule has 0 radical (unpaired) electrons. The third kappa shape index (κ3) is 4.01. The molecule has 1 aromatic heterocycles. The average Bonchev–Trinajstić information content (AvgIpc) is 3.27. The number of aliphatic hydroxyl groups excluding tert-OH is 1. The van der Waals surface area contributed by atoms with Crippen LogP contribution in [0.4, 0.5) is 0 Å². The molecule has 0 fully saturated rings. The molecular weight excluding hydrogens is 451 g/mol. The summed E-state index contributed by atoms with van der Waals surface area (Å²) in [5.41, 5.74) is 2.12. The summed E-state index contributed by atoms with van der Waals surface area (Å²) in [5, 5.41) is 12.2. The van der Waals surface area contributed by atoms with Gasteiger partial charge < -0.3 is 19.3 Å². The number of likely N-dealkylation sites (N-methyl/N-ethyl adjacent to an activating group) is 1. The summed E-state index contributed by atoms with van der Waals surface area (Å²) in [4.78, 5) is 29.9. The Hall–Kier alpha value is -2.80. The Morgan fingerprint density at radius 1 is 1.12 bits per heavy atom. The number of aryl methyl sites for hydroxylation is 1. The molecule has 2 aromatic carbocycles. The summed E-state index contributed by atoms with van der Waals surface area (Å²) in [6, 6.07) is 11.3. The van der Waals surface area contributed by atoms with Crippen molar-refractivity contribution in [1.82, 2.24) is 9.80 Å². The summed E-state index contributed by atoms with van der Waals surface area (Å²) in [7, 11) is 3.76. The number of furan rings is 1. The topological polar surface area (TPSA) is 74.0 Å². The van der Waals surface area contributed by atoms with Gasteiger partial charge in [0, 0.05) is 18.5 Å². The second kappa shape index (κ2) is 8.62. The molecule has 3 aromatic rings. The van der Waals surface area contributed by atoms with E-state index in [0.717, 1.165) is 10.9 Å². The number of benzene rings is 2. The molecule has 0 aliphatic carbocycles. The highest BCUT2D eigenvalue weighted by atomic mass is 35.5. The number of carbonyl (C=O) groups excluding carboxylic acids is 2. The number of amides is 1. The predicted octanol–water partition coefficient (Wildman–Crippen LogP) is 5.19. The van der Waals surface area contributed by atoms with E-state index in [4.69, 9.17) is 27.6 Å². The van der Waals surface area contributed by atoms with Crippen LogP contribution in [0.1, 0.15) is 27.7 Å². The van der Waals surface area contributed by atoms with E-state index in [0.29, 0.717) is 34.3 Å². The van der Waals surface area contributed by atoms with Crippen LogP contribution in [0.5, 0.6) is 0 Å². The van der Waals surface area contributed by atoms with Gasteiger partial charge in [-0.1, -0.05) is 40.9 Å².